The molecule has 2 rings (SSSR count). The fraction of sp³-hybridized carbons (Fsp3) is 0.357. The molecule has 2 aromatic rings. The molecule has 0 aliphatic rings. The van der Waals surface area contributed by atoms with E-state index in [1.54, 1.807) is 18.7 Å². The number of hydrogen-bond donors (Lipinski definition) is 2. The largest absolute Gasteiger partial charge is 0.338 e. The summed E-state index contributed by atoms with van der Waals surface area (Å²) in [7, 11) is 0. The van der Waals surface area contributed by atoms with Crippen molar-refractivity contribution in [3.8, 4) is 5.82 Å². The fourth-order valence-electron chi connectivity index (χ4n) is 1.61. The monoisotopic (exact) mass is 273 g/mol. The number of hydrogen-bond acceptors (Lipinski definition) is 3. The van der Waals surface area contributed by atoms with Gasteiger partial charge in [0.15, 0.2) is 0 Å². The van der Waals surface area contributed by atoms with Crippen LogP contribution in [0.4, 0.5) is 4.79 Å². The smallest absolute Gasteiger partial charge is 0.315 e. The molecular weight excluding hydrogens is 254 g/mol. The van der Waals surface area contributed by atoms with Crippen LogP contribution in [0.3, 0.4) is 0 Å². The summed E-state index contributed by atoms with van der Waals surface area (Å²) in [5.74, 6) is 1.24. The summed E-state index contributed by atoms with van der Waals surface area (Å²) < 4.78 is 1.83. The molecule has 6 heteroatoms. The maximum absolute atomic E-state index is 11.5. The number of nitrogens with one attached hydrogen (secondary N) is 2. The molecule has 2 aromatic heterocycles. The van der Waals surface area contributed by atoms with Gasteiger partial charge < -0.3 is 10.6 Å². The van der Waals surface area contributed by atoms with Crippen LogP contribution in [0.5, 0.6) is 0 Å². The molecule has 20 heavy (non-hydrogen) atoms. The average Bonchev–Trinajstić information content (AvgIpc) is 2.97. The standard InChI is InChI=1S/C14H19N5O/c1-11(2)7-17-14(20)18-9-12-3-4-13(16-8-12)19-6-5-15-10-19/h3-6,8,10-11H,7,9H2,1-2H3,(H2,17,18,20). The maximum atomic E-state index is 11.5. The van der Waals surface area contributed by atoms with Crippen molar-refractivity contribution in [1.29, 1.82) is 0 Å². The first-order chi connectivity index (χ1) is 9.65. The lowest BCUT2D eigenvalue weighted by Gasteiger charge is -2.09. The zero-order valence-corrected chi connectivity index (χ0v) is 11.7. The Bertz CT molecular complexity index is 533. The maximum Gasteiger partial charge on any atom is 0.315 e. The van der Waals surface area contributed by atoms with Crippen molar-refractivity contribution in [2.75, 3.05) is 6.54 Å². The number of urea groups is 1. The Morgan fingerprint density at radius 1 is 1.35 bits per heavy atom. The molecule has 0 fully saturated rings. The number of imidazole rings is 1. The van der Waals surface area contributed by atoms with Gasteiger partial charge in [0.05, 0.1) is 0 Å². The molecule has 106 valence electrons. The van der Waals surface area contributed by atoms with Crippen molar-refractivity contribution >= 4 is 6.03 Å². The number of carbonyl (C=O) groups is 1. The van der Waals surface area contributed by atoms with E-state index < -0.39 is 0 Å². The lowest BCUT2D eigenvalue weighted by Crippen LogP contribution is -2.37. The van der Waals surface area contributed by atoms with Crippen LogP contribution < -0.4 is 10.6 Å². The third-order valence-electron chi connectivity index (χ3n) is 2.70. The summed E-state index contributed by atoms with van der Waals surface area (Å²) in [6.45, 7) is 5.24. The Labute approximate surface area is 118 Å². The van der Waals surface area contributed by atoms with Crippen LogP contribution in [-0.4, -0.2) is 27.1 Å². The highest BCUT2D eigenvalue weighted by Gasteiger charge is 2.02. The van der Waals surface area contributed by atoms with Crippen LogP contribution in [0.1, 0.15) is 19.4 Å². The van der Waals surface area contributed by atoms with Gasteiger partial charge >= 0.3 is 6.03 Å². The number of aromatic nitrogens is 3. The minimum absolute atomic E-state index is 0.155. The zero-order chi connectivity index (χ0) is 14.4. The number of rotatable bonds is 5. The summed E-state index contributed by atoms with van der Waals surface area (Å²) in [5, 5.41) is 5.60. The van der Waals surface area contributed by atoms with Crippen molar-refractivity contribution in [1.82, 2.24) is 25.2 Å². The quantitative estimate of drug-likeness (QED) is 0.871. The zero-order valence-electron chi connectivity index (χ0n) is 11.7. The first-order valence-corrected chi connectivity index (χ1v) is 6.60. The van der Waals surface area contributed by atoms with E-state index in [0.29, 0.717) is 19.0 Å². The third-order valence-corrected chi connectivity index (χ3v) is 2.70. The normalized spacial score (nSPS) is 10.6. The highest BCUT2D eigenvalue weighted by Crippen LogP contribution is 2.05. The van der Waals surface area contributed by atoms with Gasteiger partial charge in [-0.25, -0.2) is 14.8 Å². The first kappa shape index (κ1) is 14.0. The number of nitrogens with zero attached hydrogens (tertiary/aromatic N) is 3. The molecule has 0 radical (unpaired) electrons. The van der Waals surface area contributed by atoms with Crippen LogP contribution in [0.2, 0.25) is 0 Å². The second-order valence-corrected chi connectivity index (χ2v) is 4.95. The molecule has 2 N–H and O–H groups in total. The van der Waals surface area contributed by atoms with Gasteiger partial charge in [-0.05, 0) is 17.5 Å². The van der Waals surface area contributed by atoms with E-state index in [9.17, 15) is 4.79 Å². The van der Waals surface area contributed by atoms with E-state index in [-0.39, 0.29) is 6.03 Å². The van der Waals surface area contributed by atoms with Gasteiger partial charge in [-0.15, -0.1) is 0 Å². The SMILES string of the molecule is CC(C)CNC(=O)NCc1ccc(-n2ccnc2)nc1. The molecule has 0 saturated heterocycles. The fourth-order valence-corrected chi connectivity index (χ4v) is 1.61. The molecule has 0 saturated carbocycles. The topological polar surface area (TPSA) is 71.8 Å². The molecule has 6 nitrogen and oxygen atoms in total. The number of amides is 2. The van der Waals surface area contributed by atoms with Gasteiger partial charge in [-0.2, -0.15) is 0 Å². The summed E-state index contributed by atoms with van der Waals surface area (Å²) in [5.41, 5.74) is 0.952. The predicted molar refractivity (Wildman–Crippen MR) is 76.4 cm³/mol. The Morgan fingerprint density at radius 2 is 2.20 bits per heavy atom. The first-order valence-electron chi connectivity index (χ1n) is 6.60. The molecule has 0 aromatic carbocycles. The number of carbonyl (C=O) groups excluding carboxylic acids is 1. The van der Waals surface area contributed by atoms with Crippen molar-refractivity contribution < 1.29 is 4.79 Å². The lowest BCUT2D eigenvalue weighted by molar-refractivity contribution is 0.239. The Morgan fingerprint density at radius 3 is 2.80 bits per heavy atom. The van der Waals surface area contributed by atoms with Crippen molar-refractivity contribution in [2.24, 2.45) is 5.92 Å². The molecule has 0 bridgehead atoms. The molecule has 0 unspecified atom stereocenters. The van der Waals surface area contributed by atoms with Crippen molar-refractivity contribution in [3.63, 3.8) is 0 Å². The van der Waals surface area contributed by atoms with Gasteiger partial charge in [0.2, 0.25) is 0 Å². The molecule has 2 heterocycles. The van der Waals surface area contributed by atoms with Gasteiger partial charge in [-0.3, -0.25) is 4.57 Å². The molecule has 2 amide bonds. The lowest BCUT2D eigenvalue weighted by atomic mass is 10.2. The predicted octanol–water partition coefficient (Wildman–Crippen LogP) is 1.72. The molecule has 0 aliphatic heterocycles. The second-order valence-electron chi connectivity index (χ2n) is 4.95. The summed E-state index contributed by atoms with van der Waals surface area (Å²) in [6.07, 6.45) is 6.98. The van der Waals surface area contributed by atoms with Crippen LogP contribution in [-0.2, 0) is 6.54 Å². The third kappa shape index (κ3) is 4.08. The molecule has 0 spiro atoms. The molecule has 0 aliphatic carbocycles. The molecular formula is C14H19N5O. The average molecular weight is 273 g/mol. The minimum atomic E-state index is -0.155. The van der Waals surface area contributed by atoms with Gasteiger partial charge in [0, 0.05) is 31.7 Å². The number of pyridine rings is 1. The minimum Gasteiger partial charge on any atom is -0.338 e. The van der Waals surface area contributed by atoms with Crippen LogP contribution in [0, 0.1) is 5.92 Å². The van der Waals surface area contributed by atoms with Crippen molar-refractivity contribution in [3.05, 3.63) is 42.6 Å². The van der Waals surface area contributed by atoms with E-state index in [4.69, 9.17) is 0 Å². The highest BCUT2D eigenvalue weighted by molar-refractivity contribution is 5.73. The van der Waals surface area contributed by atoms with E-state index in [1.165, 1.54) is 0 Å². The van der Waals surface area contributed by atoms with E-state index in [1.807, 2.05) is 22.9 Å². The van der Waals surface area contributed by atoms with E-state index in [0.717, 1.165) is 11.4 Å². The summed E-state index contributed by atoms with van der Waals surface area (Å²) in [4.78, 5) is 19.8. The van der Waals surface area contributed by atoms with E-state index >= 15 is 0 Å². The molecule has 0 atom stereocenters. The van der Waals surface area contributed by atoms with Crippen LogP contribution >= 0.6 is 0 Å². The van der Waals surface area contributed by atoms with Gasteiger partial charge in [-0.1, -0.05) is 19.9 Å². The van der Waals surface area contributed by atoms with Crippen LogP contribution in [0.15, 0.2) is 37.1 Å². The van der Waals surface area contributed by atoms with Crippen LogP contribution in [0.25, 0.3) is 5.82 Å². The highest BCUT2D eigenvalue weighted by atomic mass is 16.2. The van der Waals surface area contributed by atoms with E-state index in [2.05, 4.69) is 34.4 Å². The Kier molecular flexibility index (Phi) is 4.70. The Hall–Kier alpha value is -2.37. The summed E-state index contributed by atoms with van der Waals surface area (Å²) >= 11 is 0. The van der Waals surface area contributed by atoms with Gasteiger partial charge in [0.1, 0.15) is 12.1 Å². The van der Waals surface area contributed by atoms with Gasteiger partial charge in [0.25, 0.3) is 0 Å². The Balaban J connectivity index is 1.84. The summed E-state index contributed by atoms with van der Waals surface area (Å²) in [6, 6.07) is 3.67. The second kappa shape index (κ2) is 6.70. The van der Waals surface area contributed by atoms with Crippen molar-refractivity contribution in [2.45, 2.75) is 20.4 Å².